The molecule has 0 saturated heterocycles. The van der Waals surface area contributed by atoms with Crippen LogP contribution in [0.5, 0.6) is 0 Å². The number of nitrogens with zero attached hydrogens (tertiary/aromatic N) is 1. The molecule has 0 heterocycles. The SMILES string of the molecule is CC/C(=N/Nc1ccc(Cl)c(Br)c1)C(=O)OC. The molecule has 0 aliphatic carbocycles. The van der Waals surface area contributed by atoms with Gasteiger partial charge in [-0.15, -0.1) is 0 Å². The van der Waals surface area contributed by atoms with Crippen LogP contribution < -0.4 is 5.43 Å². The zero-order valence-corrected chi connectivity index (χ0v) is 11.8. The first-order valence-electron chi connectivity index (χ1n) is 4.94. The zero-order valence-electron chi connectivity index (χ0n) is 9.46. The minimum Gasteiger partial charge on any atom is -0.464 e. The lowest BCUT2D eigenvalue weighted by Gasteiger charge is -2.05. The Hall–Kier alpha value is -1.07. The number of hydrogen-bond donors (Lipinski definition) is 1. The number of nitrogens with one attached hydrogen (secondary N) is 1. The quantitative estimate of drug-likeness (QED) is 0.525. The van der Waals surface area contributed by atoms with Crippen LogP contribution in [0.3, 0.4) is 0 Å². The summed E-state index contributed by atoms with van der Waals surface area (Å²) in [5.74, 6) is -0.437. The van der Waals surface area contributed by atoms with E-state index in [1.165, 1.54) is 7.11 Å². The second kappa shape index (κ2) is 6.61. The molecule has 4 nitrogen and oxygen atoms in total. The molecular formula is C11H12BrClN2O2. The van der Waals surface area contributed by atoms with Gasteiger partial charge in [0.25, 0.3) is 0 Å². The Bertz CT molecular complexity index is 449. The lowest BCUT2D eigenvalue weighted by molar-refractivity contribution is -0.132. The average Bonchev–Trinajstić information content (AvgIpc) is 2.33. The Kier molecular flexibility index (Phi) is 5.44. The van der Waals surface area contributed by atoms with Gasteiger partial charge in [-0.2, -0.15) is 5.10 Å². The maximum absolute atomic E-state index is 11.3. The van der Waals surface area contributed by atoms with E-state index in [9.17, 15) is 4.79 Å². The van der Waals surface area contributed by atoms with Gasteiger partial charge in [0.2, 0.25) is 0 Å². The molecule has 0 radical (unpaired) electrons. The highest BCUT2D eigenvalue weighted by atomic mass is 79.9. The van der Waals surface area contributed by atoms with Crippen molar-refractivity contribution in [2.24, 2.45) is 5.10 Å². The molecule has 0 bridgehead atoms. The molecule has 6 heteroatoms. The molecule has 0 fully saturated rings. The Morgan fingerprint density at radius 2 is 2.29 bits per heavy atom. The Morgan fingerprint density at radius 1 is 1.59 bits per heavy atom. The Morgan fingerprint density at radius 3 is 2.82 bits per heavy atom. The Balaban J connectivity index is 2.80. The van der Waals surface area contributed by atoms with Gasteiger partial charge in [-0.1, -0.05) is 18.5 Å². The molecule has 0 unspecified atom stereocenters. The molecule has 1 N–H and O–H groups in total. The molecule has 1 aromatic carbocycles. The van der Waals surface area contributed by atoms with E-state index in [2.05, 4.69) is 31.2 Å². The van der Waals surface area contributed by atoms with Gasteiger partial charge in [-0.25, -0.2) is 4.79 Å². The predicted molar refractivity (Wildman–Crippen MR) is 72.5 cm³/mol. The molecule has 0 atom stereocenters. The number of halogens is 2. The average molecular weight is 320 g/mol. The van der Waals surface area contributed by atoms with Crippen molar-refractivity contribution in [2.45, 2.75) is 13.3 Å². The summed E-state index contributed by atoms with van der Waals surface area (Å²) >= 11 is 9.16. The van der Waals surface area contributed by atoms with E-state index >= 15 is 0 Å². The lowest BCUT2D eigenvalue weighted by atomic mass is 10.3. The van der Waals surface area contributed by atoms with Crippen LogP contribution in [0.4, 0.5) is 5.69 Å². The molecule has 1 rings (SSSR count). The van der Waals surface area contributed by atoms with Gasteiger partial charge >= 0.3 is 5.97 Å². The summed E-state index contributed by atoms with van der Waals surface area (Å²) in [6, 6.07) is 5.27. The van der Waals surface area contributed by atoms with Gasteiger partial charge in [0, 0.05) is 4.47 Å². The standard InChI is InChI=1S/C11H12BrClN2O2/c1-3-10(11(16)17-2)15-14-7-4-5-9(13)8(12)6-7/h4-6,14H,3H2,1-2H3/b15-10-. The summed E-state index contributed by atoms with van der Waals surface area (Å²) in [7, 11) is 1.33. The van der Waals surface area contributed by atoms with Crippen LogP contribution in [0.15, 0.2) is 27.8 Å². The zero-order chi connectivity index (χ0) is 12.8. The highest BCUT2D eigenvalue weighted by Crippen LogP contribution is 2.25. The number of carbonyl (C=O) groups is 1. The monoisotopic (exact) mass is 318 g/mol. The first kappa shape index (κ1) is 14.0. The summed E-state index contributed by atoms with van der Waals surface area (Å²) in [6.07, 6.45) is 0.494. The third-order valence-corrected chi connectivity index (χ3v) is 3.21. The number of rotatable bonds is 4. The van der Waals surface area contributed by atoms with Crippen molar-refractivity contribution >= 4 is 44.9 Å². The smallest absolute Gasteiger partial charge is 0.354 e. The summed E-state index contributed by atoms with van der Waals surface area (Å²) in [5, 5.41) is 4.60. The van der Waals surface area contributed by atoms with E-state index in [4.69, 9.17) is 11.6 Å². The number of hydrazone groups is 1. The van der Waals surface area contributed by atoms with Gasteiger partial charge in [0.05, 0.1) is 17.8 Å². The number of hydrogen-bond acceptors (Lipinski definition) is 4. The minimum absolute atomic E-state index is 0.332. The molecule has 0 aromatic heterocycles. The number of methoxy groups -OCH3 is 1. The number of anilines is 1. The Labute approximate surface area is 113 Å². The van der Waals surface area contributed by atoms with Crippen molar-refractivity contribution in [3.8, 4) is 0 Å². The summed E-state index contributed by atoms with van der Waals surface area (Å²) in [5.41, 5.74) is 3.84. The van der Waals surface area contributed by atoms with Gasteiger partial charge in [-0.05, 0) is 40.5 Å². The van der Waals surface area contributed by atoms with E-state index < -0.39 is 5.97 Å². The summed E-state index contributed by atoms with van der Waals surface area (Å²) in [6.45, 7) is 1.83. The molecule has 17 heavy (non-hydrogen) atoms. The largest absolute Gasteiger partial charge is 0.464 e. The first-order valence-corrected chi connectivity index (χ1v) is 6.11. The lowest BCUT2D eigenvalue weighted by Crippen LogP contribution is -2.16. The second-order valence-corrected chi connectivity index (χ2v) is 4.41. The fourth-order valence-corrected chi connectivity index (χ4v) is 1.58. The van der Waals surface area contributed by atoms with Crippen molar-refractivity contribution in [1.29, 1.82) is 0 Å². The van der Waals surface area contributed by atoms with Crippen molar-refractivity contribution in [2.75, 3.05) is 12.5 Å². The summed E-state index contributed by atoms with van der Waals surface area (Å²) < 4.78 is 5.35. The van der Waals surface area contributed by atoms with Gasteiger partial charge in [-0.3, -0.25) is 5.43 Å². The molecule has 0 aliphatic heterocycles. The van der Waals surface area contributed by atoms with Crippen molar-refractivity contribution < 1.29 is 9.53 Å². The number of ether oxygens (including phenoxy) is 1. The molecule has 0 aliphatic rings. The van der Waals surface area contributed by atoms with Crippen LogP contribution in [-0.2, 0) is 9.53 Å². The van der Waals surface area contributed by atoms with Crippen LogP contribution in [0.25, 0.3) is 0 Å². The van der Waals surface area contributed by atoms with Crippen LogP contribution in [-0.4, -0.2) is 18.8 Å². The third kappa shape index (κ3) is 4.02. The van der Waals surface area contributed by atoms with E-state index in [0.717, 1.165) is 10.2 Å². The van der Waals surface area contributed by atoms with E-state index in [1.54, 1.807) is 18.2 Å². The van der Waals surface area contributed by atoms with Gasteiger partial charge in [0.1, 0.15) is 5.71 Å². The normalized spacial score (nSPS) is 11.2. The molecular weight excluding hydrogens is 307 g/mol. The number of carbonyl (C=O) groups excluding carboxylic acids is 1. The van der Waals surface area contributed by atoms with Crippen molar-refractivity contribution in [1.82, 2.24) is 0 Å². The molecule has 1 aromatic rings. The van der Waals surface area contributed by atoms with Crippen molar-refractivity contribution in [3.63, 3.8) is 0 Å². The number of esters is 1. The van der Waals surface area contributed by atoms with Gasteiger partial charge in [0.15, 0.2) is 0 Å². The van der Waals surface area contributed by atoms with E-state index in [1.807, 2.05) is 6.92 Å². The van der Waals surface area contributed by atoms with E-state index in [0.29, 0.717) is 17.2 Å². The molecule has 0 amide bonds. The van der Waals surface area contributed by atoms with Crippen LogP contribution in [0.1, 0.15) is 13.3 Å². The van der Waals surface area contributed by atoms with E-state index in [-0.39, 0.29) is 0 Å². The summed E-state index contributed by atoms with van der Waals surface area (Å²) in [4.78, 5) is 11.3. The minimum atomic E-state index is -0.437. The first-order chi connectivity index (χ1) is 8.08. The van der Waals surface area contributed by atoms with Gasteiger partial charge < -0.3 is 4.74 Å². The maximum Gasteiger partial charge on any atom is 0.354 e. The maximum atomic E-state index is 11.3. The number of benzene rings is 1. The highest BCUT2D eigenvalue weighted by Gasteiger charge is 2.08. The fourth-order valence-electron chi connectivity index (χ4n) is 1.08. The van der Waals surface area contributed by atoms with Crippen LogP contribution >= 0.6 is 27.5 Å². The predicted octanol–water partition coefficient (Wildman–Crippen LogP) is 3.45. The molecule has 0 spiro atoms. The van der Waals surface area contributed by atoms with Crippen LogP contribution in [0, 0.1) is 0 Å². The fraction of sp³-hybridized carbons (Fsp3) is 0.273. The van der Waals surface area contributed by atoms with Crippen LogP contribution in [0.2, 0.25) is 5.02 Å². The second-order valence-electron chi connectivity index (χ2n) is 3.14. The topological polar surface area (TPSA) is 50.7 Å². The molecule has 92 valence electrons. The van der Waals surface area contributed by atoms with Crippen molar-refractivity contribution in [3.05, 3.63) is 27.7 Å². The highest BCUT2D eigenvalue weighted by molar-refractivity contribution is 9.10. The third-order valence-electron chi connectivity index (χ3n) is 2.00. The molecule has 0 saturated carbocycles.